The molecule has 3 rings (SSSR count). The van der Waals surface area contributed by atoms with E-state index in [4.69, 9.17) is 4.74 Å². The van der Waals surface area contributed by atoms with Gasteiger partial charge in [0.05, 0.1) is 18.8 Å². The summed E-state index contributed by atoms with van der Waals surface area (Å²) in [6, 6.07) is 5.74. The van der Waals surface area contributed by atoms with Crippen molar-refractivity contribution in [3.63, 3.8) is 0 Å². The number of ether oxygens (including phenoxy) is 1. The van der Waals surface area contributed by atoms with E-state index in [1.165, 1.54) is 0 Å². The second-order valence-electron chi connectivity index (χ2n) is 8.22. The van der Waals surface area contributed by atoms with E-state index in [0.29, 0.717) is 6.54 Å². The number of benzene rings is 1. The Morgan fingerprint density at radius 3 is 2.52 bits per heavy atom. The van der Waals surface area contributed by atoms with E-state index in [0.717, 1.165) is 95.4 Å². The molecular formula is C22H34F3N5O. The van der Waals surface area contributed by atoms with Crippen LogP contribution in [0, 0.1) is 0 Å². The summed E-state index contributed by atoms with van der Waals surface area (Å²) in [7, 11) is 1.78. The molecule has 2 saturated heterocycles. The van der Waals surface area contributed by atoms with Gasteiger partial charge < -0.3 is 15.4 Å². The predicted molar refractivity (Wildman–Crippen MR) is 116 cm³/mol. The number of aliphatic imine (C=N–C) groups is 1. The Labute approximate surface area is 182 Å². The molecular weight excluding hydrogens is 407 g/mol. The highest BCUT2D eigenvalue weighted by Crippen LogP contribution is 2.29. The van der Waals surface area contributed by atoms with Crippen LogP contribution in [-0.4, -0.2) is 81.3 Å². The van der Waals surface area contributed by atoms with Crippen LogP contribution in [0.4, 0.5) is 13.2 Å². The Morgan fingerprint density at radius 2 is 1.84 bits per heavy atom. The minimum absolute atomic E-state index is 0.286. The zero-order valence-corrected chi connectivity index (χ0v) is 18.3. The molecule has 1 aromatic carbocycles. The van der Waals surface area contributed by atoms with Crippen molar-refractivity contribution in [3.8, 4) is 0 Å². The van der Waals surface area contributed by atoms with Gasteiger partial charge in [-0.1, -0.05) is 12.1 Å². The third-order valence-electron chi connectivity index (χ3n) is 5.82. The van der Waals surface area contributed by atoms with E-state index in [1.54, 1.807) is 19.2 Å². The second kappa shape index (κ2) is 11.7. The first-order chi connectivity index (χ1) is 14.9. The lowest BCUT2D eigenvalue weighted by molar-refractivity contribution is -0.137. The molecule has 2 fully saturated rings. The van der Waals surface area contributed by atoms with Gasteiger partial charge in [0.2, 0.25) is 0 Å². The summed E-state index contributed by atoms with van der Waals surface area (Å²) in [4.78, 5) is 9.03. The van der Waals surface area contributed by atoms with Crippen molar-refractivity contribution in [3.05, 3.63) is 35.4 Å². The van der Waals surface area contributed by atoms with Gasteiger partial charge in [-0.05, 0) is 43.5 Å². The fourth-order valence-corrected chi connectivity index (χ4v) is 4.03. The number of morpholine rings is 1. The summed E-state index contributed by atoms with van der Waals surface area (Å²) in [5.41, 5.74) is 0.299. The van der Waals surface area contributed by atoms with Gasteiger partial charge in [0.15, 0.2) is 5.96 Å². The molecule has 174 valence electrons. The summed E-state index contributed by atoms with van der Waals surface area (Å²) in [6.07, 6.45) is -1.07. The molecule has 0 amide bonds. The number of nitrogens with zero attached hydrogens (tertiary/aromatic N) is 3. The van der Waals surface area contributed by atoms with Gasteiger partial charge in [0.25, 0.3) is 0 Å². The van der Waals surface area contributed by atoms with E-state index in [-0.39, 0.29) is 6.04 Å². The molecule has 2 heterocycles. The van der Waals surface area contributed by atoms with Crippen molar-refractivity contribution in [1.82, 2.24) is 20.4 Å². The van der Waals surface area contributed by atoms with Crippen molar-refractivity contribution < 1.29 is 17.9 Å². The Hall–Kier alpha value is -1.84. The van der Waals surface area contributed by atoms with Gasteiger partial charge in [-0.25, -0.2) is 0 Å². The Bertz CT molecular complexity index is 689. The maximum absolute atomic E-state index is 12.7. The van der Waals surface area contributed by atoms with Gasteiger partial charge in [-0.3, -0.25) is 14.8 Å². The zero-order chi connectivity index (χ0) is 22.1. The van der Waals surface area contributed by atoms with Crippen LogP contribution in [0.1, 0.15) is 30.4 Å². The first-order valence-corrected chi connectivity index (χ1v) is 11.1. The van der Waals surface area contributed by atoms with Crippen molar-refractivity contribution in [1.29, 1.82) is 0 Å². The summed E-state index contributed by atoms with van der Waals surface area (Å²) < 4.78 is 43.5. The van der Waals surface area contributed by atoms with Crippen LogP contribution in [0.2, 0.25) is 0 Å². The number of rotatable bonds is 8. The van der Waals surface area contributed by atoms with E-state index in [9.17, 15) is 13.2 Å². The third-order valence-corrected chi connectivity index (χ3v) is 5.82. The molecule has 0 radical (unpaired) electrons. The van der Waals surface area contributed by atoms with Crippen molar-refractivity contribution in [2.24, 2.45) is 4.99 Å². The first kappa shape index (κ1) is 23.8. The highest BCUT2D eigenvalue weighted by atomic mass is 19.4. The molecule has 0 saturated carbocycles. The number of alkyl halides is 3. The van der Waals surface area contributed by atoms with Gasteiger partial charge in [-0.2, -0.15) is 13.2 Å². The molecule has 2 aliphatic heterocycles. The van der Waals surface area contributed by atoms with Crippen LogP contribution in [0.15, 0.2) is 29.3 Å². The predicted octanol–water partition coefficient (Wildman–Crippen LogP) is 2.56. The zero-order valence-electron chi connectivity index (χ0n) is 18.3. The van der Waals surface area contributed by atoms with Gasteiger partial charge in [-0.15, -0.1) is 0 Å². The number of unbranched alkanes of at least 4 members (excludes halogenated alkanes) is 1. The quantitative estimate of drug-likeness (QED) is 0.369. The fraction of sp³-hybridized carbons (Fsp3) is 0.682. The van der Waals surface area contributed by atoms with Crippen molar-refractivity contribution in [2.75, 3.05) is 59.5 Å². The second-order valence-corrected chi connectivity index (χ2v) is 8.22. The molecule has 2 N–H and O–H groups in total. The Balaban J connectivity index is 1.32. The highest BCUT2D eigenvalue weighted by Gasteiger charge is 2.30. The maximum Gasteiger partial charge on any atom is 0.416 e. The van der Waals surface area contributed by atoms with Crippen molar-refractivity contribution >= 4 is 5.96 Å². The number of guanidine groups is 1. The molecule has 1 atom stereocenters. The topological polar surface area (TPSA) is 52.1 Å². The third kappa shape index (κ3) is 7.97. The van der Waals surface area contributed by atoms with Crippen LogP contribution in [0.3, 0.4) is 0 Å². The number of hydrogen-bond acceptors (Lipinski definition) is 4. The normalized spacial score (nSPS) is 21.4. The number of hydrogen-bond donors (Lipinski definition) is 2. The minimum Gasteiger partial charge on any atom is -0.379 e. The summed E-state index contributed by atoms with van der Waals surface area (Å²) >= 11 is 0. The van der Waals surface area contributed by atoms with Crippen molar-refractivity contribution in [2.45, 2.75) is 38.0 Å². The molecule has 1 unspecified atom stereocenters. The monoisotopic (exact) mass is 441 g/mol. The van der Waals surface area contributed by atoms with E-state index in [2.05, 4.69) is 25.4 Å². The van der Waals surface area contributed by atoms with Crippen LogP contribution in [0.5, 0.6) is 0 Å². The lowest BCUT2D eigenvalue weighted by Gasteiger charge is -2.26. The van der Waals surface area contributed by atoms with Gasteiger partial charge >= 0.3 is 6.18 Å². The molecule has 2 aliphatic rings. The van der Waals surface area contributed by atoms with Crippen LogP contribution >= 0.6 is 0 Å². The molecule has 6 nitrogen and oxygen atoms in total. The molecule has 31 heavy (non-hydrogen) atoms. The molecule has 1 aromatic rings. The van der Waals surface area contributed by atoms with Crippen LogP contribution in [0.25, 0.3) is 0 Å². The largest absolute Gasteiger partial charge is 0.416 e. The fourth-order valence-electron chi connectivity index (χ4n) is 4.03. The maximum atomic E-state index is 12.7. The first-order valence-electron chi connectivity index (χ1n) is 11.1. The average Bonchev–Trinajstić information content (AvgIpc) is 3.20. The molecule has 9 heteroatoms. The smallest absolute Gasteiger partial charge is 0.379 e. The average molecular weight is 442 g/mol. The lowest BCUT2D eigenvalue weighted by Crippen LogP contribution is -2.45. The van der Waals surface area contributed by atoms with Gasteiger partial charge in [0, 0.05) is 52.4 Å². The van der Waals surface area contributed by atoms with Gasteiger partial charge in [0.1, 0.15) is 0 Å². The highest BCUT2D eigenvalue weighted by molar-refractivity contribution is 5.79. The summed E-state index contributed by atoms with van der Waals surface area (Å²) in [5, 5.41) is 6.86. The molecule has 0 aromatic heterocycles. The SMILES string of the molecule is CN=C(NCCCCN1CCOCC1)NC1CCN(Cc2ccc(C(F)(F)F)cc2)C1. The van der Waals surface area contributed by atoms with E-state index < -0.39 is 11.7 Å². The molecule has 0 spiro atoms. The Morgan fingerprint density at radius 1 is 1.10 bits per heavy atom. The summed E-state index contributed by atoms with van der Waals surface area (Å²) in [6.45, 7) is 8.14. The lowest BCUT2D eigenvalue weighted by atomic mass is 10.1. The number of halogens is 3. The van der Waals surface area contributed by atoms with Crippen LogP contribution in [-0.2, 0) is 17.5 Å². The van der Waals surface area contributed by atoms with E-state index in [1.807, 2.05) is 0 Å². The summed E-state index contributed by atoms with van der Waals surface area (Å²) in [5.74, 6) is 0.813. The standard InChI is InChI=1S/C22H34F3N5O/c1-26-21(27-9-2-3-10-29-12-14-31-15-13-29)28-20-8-11-30(17-20)16-18-4-6-19(7-5-18)22(23,24)25/h4-7,20H,2-3,8-17H2,1H3,(H2,26,27,28). The number of likely N-dealkylation sites (tertiary alicyclic amines) is 1. The number of nitrogens with one attached hydrogen (secondary N) is 2. The molecule has 0 bridgehead atoms. The minimum atomic E-state index is -4.29. The van der Waals surface area contributed by atoms with E-state index >= 15 is 0 Å². The van der Waals surface area contributed by atoms with Crippen LogP contribution < -0.4 is 10.6 Å². The molecule has 0 aliphatic carbocycles. The Kier molecular flexibility index (Phi) is 8.98.